The number of hydrogen-bond donors (Lipinski definition) is 2. The molecule has 2 heterocycles. The van der Waals surface area contributed by atoms with Gasteiger partial charge in [-0.05, 0) is 30.7 Å². The first kappa shape index (κ1) is 17.9. The van der Waals surface area contributed by atoms with E-state index in [-0.39, 0.29) is 36.6 Å². The highest BCUT2D eigenvalue weighted by Gasteiger charge is 2.30. The predicted octanol–water partition coefficient (Wildman–Crippen LogP) is 1.98. The van der Waals surface area contributed by atoms with Gasteiger partial charge >= 0.3 is 11.1 Å². The summed E-state index contributed by atoms with van der Waals surface area (Å²) in [7, 11) is 0. The average Bonchev–Trinajstić information content (AvgIpc) is 2.68. The summed E-state index contributed by atoms with van der Waals surface area (Å²) in [6.45, 7) is 0.353. The van der Waals surface area contributed by atoms with E-state index in [9.17, 15) is 24.5 Å². The second-order valence-electron chi connectivity index (χ2n) is 6.42. The van der Waals surface area contributed by atoms with Gasteiger partial charge in [0.15, 0.2) is 0 Å². The number of rotatable bonds is 2. The number of amides is 1. The minimum absolute atomic E-state index is 0.0664. The Kier molecular flexibility index (Phi) is 4.23. The predicted molar refractivity (Wildman–Crippen MR) is 102 cm³/mol. The van der Waals surface area contributed by atoms with Crippen LogP contribution < -0.4 is 11.1 Å². The van der Waals surface area contributed by atoms with Crippen LogP contribution in [0.4, 0.5) is 5.69 Å². The number of aromatic nitrogens is 2. The molecule has 0 atom stereocenters. The van der Waals surface area contributed by atoms with Crippen molar-refractivity contribution in [2.24, 2.45) is 0 Å². The lowest BCUT2D eigenvalue weighted by Crippen LogP contribution is -2.37. The Balaban J connectivity index is 1.84. The quantitative estimate of drug-likeness (QED) is 0.386. The SMILES string of the molecule is O=C(c1ccc(Cl)cc1)N1CCc2c([N+](=O)[O-])cc3[nH]c(=O)c(=O)[nH]c3c2C1. The van der Waals surface area contributed by atoms with Crippen molar-refractivity contribution in [3.05, 3.63) is 82.9 Å². The molecule has 10 heteroatoms. The molecule has 142 valence electrons. The second-order valence-corrected chi connectivity index (χ2v) is 6.86. The summed E-state index contributed by atoms with van der Waals surface area (Å²) >= 11 is 5.86. The van der Waals surface area contributed by atoms with Crippen molar-refractivity contribution in [1.29, 1.82) is 0 Å². The van der Waals surface area contributed by atoms with Crippen molar-refractivity contribution >= 4 is 34.2 Å². The number of nitrogens with zero attached hydrogens (tertiary/aromatic N) is 2. The Bertz CT molecular complexity index is 1250. The molecule has 0 aliphatic carbocycles. The Hall–Kier alpha value is -3.46. The highest BCUT2D eigenvalue weighted by Crippen LogP contribution is 2.33. The highest BCUT2D eigenvalue weighted by molar-refractivity contribution is 6.30. The van der Waals surface area contributed by atoms with Crippen LogP contribution in [0, 0.1) is 10.1 Å². The Morgan fingerprint density at radius 1 is 1.11 bits per heavy atom. The van der Waals surface area contributed by atoms with Crippen LogP contribution in [0.3, 0.4) is 0 Å². The molecule has 2 N–H and O–H groups in total. The summed E-state index contributed by atoms with van der Waals surface area (Å²) in [5.41, 5.74) is -0.134. The first-order valence-corrected chi connectivity index (χ1v) is 8.73. The molecular weight excluding hydrogens is 388 g/mol. The van der Waals surface area contributed by atoms with E-state index in [1.807, 2.05) is 0 Å². The molecule has 1 amide bonds. The number of carbonyl (C=O) groups excluding carboxylic acids is 1. The van der Waals surface area contributed by atoms with Crippen LogP contribution in [0.1, 0.15) is 21.5 Å². The van der Waals surface area contributed by atoms with Gasteiger partial charge in [-0.2, -0.15) is 0 Å². The maximum Gasteiger partial charge on any atom is 0.314 e. The van der Waals surface area contributed by atoms with Gasteiger partial charge in [-0.15, -0.1) is 0 Å². The number of nitrogens with one attached hydrogen (secondary N) is 2. The summed E-state index contributed by atoms with van der Waals surface area (Å²) in [4.78, 5) is 53.6. The van der Waals surface area contributed by atoms with Crippen LogP contribution in [0.15, 0.2) is 39.9 Å². The van der Waals surface area contributed by atoms with Gasteiger partial charge in [-0.25, -0.2) is 0 Å². The van der Waals surface area contributed by atoms with Gasteiger partial charge in [0.05, 0.1) is 16.0 Å². The molecule has 0 fully saturated rings. The van der Waals surface area contributed by atoms with Crippen molar-refractivity contribution < 1.29 is 9.72 Å². The number of H-pyrrole nitrogens is 2. The summed E-state index contributed by atoms with van der Waals surface area (Å²) in [6.07, 6.45) is 0.252. The van der Waals surface area contributed by atoms with Gasteiger partial charge in [0.2, 0.25) is 0 Å². The Morgan fingerprint density at radius 3 is 2.46 bits per heavy atom. The van der Waals surface area contributed by atoms with Crippen molar-refractivity contribution in [2.45, 2.75) is 13.0 Å². The number of nitro benzene ring substituents is 1. The van der Waals surface area contributed by atoms with Crippen LogP contribution in [0.5, 0.6) is 0 Å². The van der Waals surface area contributed by atoms with Crippen molar-refractivity contribution in [3.8, 4) is 0 Å². The highest BCUT2D eigenvalue weighted by atomic mass is 35.5. The molecule has 1 aromatic heterocycles. The lowest BCUT2D eigenvalue weighted by molar-refractivity contribution is -0.385. The first-order valence-electron chi connectivity index (χ1n) is 8.35. The van der Waals surface area contributed by atoms with E-state index in [0.29, 0.717) is 27.2 Å². The average molecular weight is 401 g/mol. The van der Waals surface area contributed by atoms with Gasteiger partial charge in [0.25, 0.3) is 11.6 Å². The minimum atomic E-state index is -0.897. The third kappa shape index (κ3) is 2.95. The number of benzene rings is 2. The Labute approximate surface area is 161 Å². The molecule has 4 rings (SSSR count). The molecule has 0 saturated heterocycles. The molecule has 0 saturated carbocycles. The van der Waals surface area contributed by atoms with Gasteiger partial charge < -0.3 is 14.9 Å². The zero-order chi connectivity index (χ0) is 20.0. The molecule has 28 heavy (non-hydrogen) atoms. The third-order valence-corrected chi connectivity index (χ3v) is 5.03. The molecule has 9 nitrogen and oxygen atoms in total. The van der Waals surface area contributed by atoms with E-state index in [1.165, 1.54) is 11.0 Å². The third-order valence-electron chi connectivity index (χ3n) is 4.77. The van der Waals surface area contributed by atoms with Gasteiger partial charge in [-0.1, -0.05) is 11.6 Å². The van der Waals surface area contributed by atoms with E-state index in [1.54, 1.807) is 24.3 Å². The molecule has 0 unspecified atom stereocenters. The number of carbonyl (C=O) groups is 1. The minimum Gasteiger partial charge on any atom is -0.334 e. The monoisotopic (exact) mass is 400 g/mol. The lowest BCUT2D eigenvalue weighted by atomic mass is 9.95. The smallest absolute Gasteiger partial charge is 0.314 e. The van der Waals surface area contributed by atoms with Crippen molar-refractivity contribution in [1.82, 2.24) is 14.9 Å². The lowest BCUT2D eigenvalue weighted by Gasteiger charge is -2.29. The summed E-state index contributed by atoms with van der Waals surface area (Å²) < 4.78 is 0. The molecule has 0 spiro atoms. The van der Waals surface area contributed by atoms with E-state index in [4.69, 9.17) is 11.6 Å². The van der Waals surface area contributed by atoms with Crippen LogP contribution in [0.2, 0.25) is 5.02 Å². The number of fused-ring (bicyclic) bond motifs is 3. The van der Waals surface area contributed by atoms with E-state index >= 15 is 0 Å². The zero-order valence-electron chi connectivity index (χ0n) is 14.3. The second kappa shape index (κ2) is 6.61. The van der Waals surface area contributed by atoms with Crippen LogP contribution in [0.25, 0.3) is 11.0 Å². The molecule has 3 aromatic rings. The normalized spacial score (nSPS) is 13.4. The first-order chi connectivity index (χ1) is 13.3. The fourth-order valence-electron chi connectivity index (χ4n) is 3.44. The van der Waals surface area contributed by atoms with Crippen molar-refractivity contribution in [3.63, 3.8) is 0 Å². The number of aromatic amines is 2. The molecule has 2 aromatic carbocycles. The van der Waals surface area contributed by atoms with Crippen LogP contribution in [-0.2, 0) is 13.0 Å². The van der Waals surface area contributed by atoms with Gasteiger partial charge in [0.1, 0.15) is 0 Å². The standard InChI is InChI=1S/C18H13ClN4O5/c19-10-3-1-9(2-4-10)18(26)22-6-5-11-12(8-22)15-13(7-14(11)23(27)28)20-16(24)17(25)21-15/h1-4,7H,5-6,8H2,(H,20,24)(H,21,25). The summed E-state index contributed by atoms with van der Waals surface area (Å²) in [6, 6.07) is 7.66. The van der Waals surface area contributed by atoms with E-state index in [2.05, 4.69) is 9.97 Å². The van der Waals surface area contributed by atoms with Crippen LogP contribution in [-0.4, -0.2) is 32.2 Å². The number of hydrogen-bond acceptors (Lipinski definition) is 5. The molecule has 1 aliphatic heterocycles. The molecule has 0 bridgehead atoms. The van der Waals surface area contributed by atoms with Gasteiger partial charge in [-0.3, -0.25) is 24.5 Å². The van der Waals surface area contributed by atoms with Crippen LogP contribution >= 0.6 is 11.6 Å². The summed E-state index contributed by atoms with van der Waals surface area (Å²) in [5, 5.41) is 12.0. The maximum atomic E-state index is 12.8. The largest absolute Gasteiger partial charge is 0.334 e. The molecule has 0 radical (unpaired) electrons. The van der Waals surface area contributed by atoms with E-state index in [0.717, 1.165) is 0 Å². The summed E-state index contributed by atoms with van der Waals surface area (Å²) in [5.74, 6) is -0.256. The van der Waals surface area contributed by atoms with Gasteiger partial charge in [0, 0.05) is 40.9 Å². The zero-order valence-corrected chi connectivity index (χ0v) is 15.1. The molecular formula is C18H13ClN4O5. The maximum absolute atomic E-state index is 12.8. The van der Waals surface area contributed by atoms with E-state index < -0.39 is 16.0 Å². The number of nitro groups is 1. The number of halogens is 1. The fourth-order valence-corrected chi connectivity index (χ4v) is 3.56. The fraction of sp³-hybridized carbons (Fsp3) is 0.167. The van der Waals surface area contributed by atoms with Crippen molar-refractivity contribution in [2.75, 3.05) is 6.54 Å². The Morgan fingerprint density at radius 2 is 1.79 bits per heavy atom. The molecule has 1 aliphatic rings. The topological polar surface area (TPSA) is 129 Å².